The maximum Gasteiger partial charge on any atom is 0.387 e. The van der Waals surface area contributed by atoms with E-state index in [9.17, 15) is 22.0 Å². The van der Waals surface area contributed by atoms with E-state index in [0.717, 1.165) is 30.4 Å². The second-order valence-electron chi connectivity index (χ2n) is 8.18. The molecule has 0 spiro atoms. The average molecular weight is 482 g/mol. The first kappa shape index (κ1) is 25.1. The summed E-state index contributed by atoms with van der Waals surface area (Å²) in [6.45, 7) is 0.442. The van der Waals surface area contributed by atoms with Gasteiger partial charge in [0.25, 0.3) is 0 Å². The van der Waals surface area contributed by atoms with Crippen LogP contribution in [0.2, 0.25) is 0 Å². The Morgan fingerprint density at radius 2 is 1.79 bits per heavy atom. The van der Waals surface area contributed by atoms with Crippen LogP contribution in [0, 0.1) is 6.92 Å². The van der Waals surface area contributed by atoms with Gasteiger partial charge in [-0.1, -0.05) is 24.6 Å². The third kappa shape index (κ3) is 6.96. The van der Waals surface area contributed by atoms with Gasteiger partial charge >= 0.3 is 6.61 Å². The molecule has 180 valence electrons. The molecular formula is C23H29F2N3O4S. The van der Waals surface area contributed by atoms with Gasteiger partial charge < -0.3 is 10.1 Å². The second kappa shape index (κ2) is 11.0. The zero-order valence-corrected chi connectivity index (χ0v) is 19.6. The van der Waals surface area contributed by atoms with Gasteiger partial charge in [-0.3, -0.25) is 9.69 Å². The van der Waals surface area contributed by atoms with Crippen molar-refractivity contribution >= 4 is 21.6 Å². The highest BCUT2D eigenvalue weighted by molar-refractivity contribution is 7.89. The Hall–Kier alpha value is -2.56. The van der Waals surface area contributed by atoms with Crippen molar-refractivity contribution < 1.29 is 26.7 Å². The maximum atomic E-state index is 13.0. The van der Waals surface area contributed by atoms with Crippen LogP contribution in [-0.4, -0.2) is 56.8 Å². The predicted molar refractivity (Wildman–Crippen MR) is 122 cm³/mol. The van der Waals surface area contributed by atoms with E-state index in [4.69, 9.17) is 0 Å². The molecule has 0 bridgehead atoms. The molecule has 1 aliphatic heterocycles. The molecule has 0 saturated carbocycles. The fraction of sp³-hybridized carbons (Fsp3) is 0.435. The topological polar surface area (TPSA) is 79.0 Å². The first-order valence-electron chi connectivity index (χ1n) is 10.8. The molecule has 10 heteroatoms. The molecule has 33 heavy (non-hydrogen) atoms. The molecule has 2 aromatic rings. The van der Waals surface area contributed by atoms with Crippen molar-refractivity contribution in [3.8, 4) is 5.75 Å². The number of piperidine rings is 1. The number of hydrogen-bond acceptors (Lipinski definition) is 5. The standard InChI is InChI=1S/C23H29F2N3O4S/c1-17-6-11-20(33(30,31)28-12-4-3-5-13-28)14-21(17)26-22(29)16-27(2)15-18-7-9-19(10-8-18)32-23(24)25/h6-11,14,23H,3-5,12-13,15-16H2,1-2H3,(H,26,29). The van der Waals surface area contributed by atoms with Crippen molar-refractivity contribution in [2.45, 2.75) is 44.2 Å². The van der Waals surface area contributed by atoms with Crippen LogP contribution in [0.3, 0.4) is 0 Å². The van der Waals surface area contributed by atoms with Crippen LogP contribution in [0.15, 0.2) is 47.4 Å². The summed E-state index contributed by atoms with van der Waals surface area (Å²) in [6.07, 6.45) is 2.73. The van der Waals surface area contributed by atoms with Crippen LogP contribution in [0.4, 0.5) is 14.5 Å². The number of benzene rings is 2. The van der Waals surface area contributed by atoms with Gasteiger partial charge in [0.05, 0.1) is 11.4 Å². The molecule has 0 aliphatic carbocycles. The summed E-state index contributed by atoms with van der Waals surface area (Å²) < 4.78 is 56.3. The monoisotopic (exact) mass is 481 g/mol. The van der Waals surface area contributed by atoms with E-state index in [1.54, 1.807) is 43.1 Å². The molecule has 1 N–H and O–H groups in total. The van der Waals surface area contributed by atoms with E-state index < -0.39 is 16.6 Å². The first-order chi connectivity index (χ1) is 15.6. The Morgan fingerprint density at radius 1 is 1.12 bits per heavy atom. The van der Waals surface area contributed by atoms with E-state index in [1.165, 1.54) is 22.5 Å². The largest absolute Gasteiger partial charge is 0.435 e. The summed E-state index contributed by atoms with van der Waals surface area (Å²) in [5, 5.41) is 2.81. The van der Waals surface area contributed by atoms with Crippen molar-refractivity contribution in [2.75, 3.05) is 32.0 Å². The van der Waals surface area contributed by atoms with Gasteiger partial charge in [0.1, 0.15) is 5.75 Å². The zero-order valence-electron chi connectivity index (χ0n) is 18.8. The first-order valence-corrected chi connectivity index (χ1v) is 12.2. The average Bonchev–Trinajstić information content (AvgIpc) is 2.76. The molecule has 7 nitrogen and oxygen atoms in total. The molecule has 0 radical (unpaired) electrons. The normalized spacial score (nSPS) is 15.1. The summed E-state index contributed by atoms with van der Waals surface area (Å²) in [5.74, 6) is -0.213. The van der Waals surface area contributed by atoms with Gasteiger partial charge in [0.2, 0.25) is 15.9 Å². The molecule has 1 aliphatic rings. The second-order valence-corrected chi connectivity index (χ2v) is 10.1. The fourth-order valence-electron chi connectivity index (χ4n) is 3.73. The number of halogens is 2. The third-order valence-corrected chi connectivity index (χ3v) is 7.35. The number of anilines is 1. The van der Waals surface area contributed by atoms with Crippen LogP contribution in [-0.2, 0) is 21.4 Å². The number of carbonyl (C=O) groups excluding carboxylic acids is 1. The highest BCUT2D eigenvalue weighted by Crippen LogP contribution is 2.25. The van der Waals surface area contributed by atoms with Gasteiger partial charge in [-0.2, -0.15) is 13.1 Å². The Kier molecular flexibility index (Phi) is 8.39. The van der Waals surface area contributed by atoms with Crippen molar-refractivity contribution in [3.05, 3.63) is 53.6 Å². The minimum atomic E-state index is -3.60. The highest BCUT2D eigenvalue weighted by atomic mass is 32.2. The van der Waals surface area contributed by atoms with Crippen LogP contribution in [0.25, 0.3) is 0 Å². The van der Waals surface area contributed by atoms with Crippen molar-refractivity contribution in [1.82, 2.24) is 9.21 Å². The number of sulfonamides is 1. The molecular weight excluding hydrogens is 452 g/mol. The number of nitrogens with one attached hydrogen (secondary N) is 1. The van der Waals surface area contributed by atoms with E-state index in [-0.39, 0.29) is 23.1 Å². The van der Waals surface area contributed by atoms with Gasteiger partial charge in [-0.15, -0.1) is 0 Å². The maximum absolute atomic E-state index is 13.0. The van der Waals surface area contributed by atoms with Crippen molar-refractivity contribution in [1.29, 1.82) is 0 Å². The van der Waals surface area contributed by atoms with Crippen molar-refractivity contribution in [2.24, 2.45) is 0 Å². The van der Waals surface area contributed by atoms with Crippen LogP contribution < -0.4 is 10.1 Å². The number of ether oxygens (including phenoxy) is 1. The number of rotatable bonds is 9. The van der Waals surface area contributed by atoms with Crippen LogP contribution in [0.1, 0.15) is 30.4 Å². The minimum absolute atomic E-state index is 0.0673. The number of amides is 1. The smallest absolute Gasteiger partial charge is 0.387 e. The molecule has 1 amide bonds. The Balaban J connectivity index is 1.61. The Bertz CT molecular complexity index is 1060. The lowest BCUT2D eigenvalue weighted by molar-refractivity contribution is -0.117. The molecule has 0 aromatic heterocycles. The van der Waals surface area contributed by atoms with E-state index in [2.05, 4.69) is 10.1 Å². The third-order valence-electron chi connectivity index (χ3n) is 5.45. The van der Waals surface area contributed by atoms with E-state index in [0.29, 0.717) is 25.3 Å². The van der Waals surface area contributed by atoms with Gasteiger partial charge in [0.15, 0.2) is 0 Å². The summed E-state index contributed by atoms with van der Waals surface area (Å²) in [4.78, 5) is 14.5. The van der Waals surface area contributed by atoms with Crippen molar-refractivity contribution in [3.63, 3.8) is 0 Å². The lowest BCUT2D eigenvalue weighted by atomic mass is 10.2. The lowest BCUT2D eigenvalue weighted by Crippen LogP contribution is -2.35. The molecule has 1 saturated heterocycles. The lowest BCUT2D eigenvalue weighted by Gasteiger charge is -2.26. The number of likely N-dealkylation sites (N-methyl/N-ethyl adjacent to an activating group) is 1. The number of aryl methyl sites for hydroxylation is 1. The molecule has 1 heterocycles. The summed E-state index contributed by atoms with van der Waals surface area (Å²) in [7, 11) is -1.84. The van der Waals surface area contributed by atoms with E-state index >= 15 is 0 Å². The minimum Gasteiger partial charge on any atom is -0.435 e. The summed E-state index contributed by atoms with van der Waals surface area (Å²) >= 11 is 0. The SMILES string of the molecule is Cc1ccc(S(=O)(=O)N2CCCCC2)cc1NC(=O)CN(C)Cc1ccc(OC(F)F)cc1. The number of hydrogen-bond donors (Lipinski definition) is 1. The van der Waals surface area contributed by atoms with Crippen LogP contribution >= 0.6 is 0 Å². The molecule has 1 fully saturated rings. The number of carbonyl (C=O) groups is 1. The fourth-order valence-corrected chi connectivity index (χ4v) is 5.27. The van der Waals surface area contributed by atoms with Gasteiger partial charge in [0, 0.05) is 25.3 Å². The molecule has 0 atom stereocenters. The van der Waals surface area contributed by atoms with E-state index in [1.807, 2.05) is 0 Å². The molecule has 0 unspecified atom stereocenters. The van der Waals surface area contributed by atoms with Gasteiger partial charge in [-0.25, -0.2) is 8.42 Å². The predicted octanol–water partition coefficient (Wildman–Crippen LogP) is 3.84. The summed E-state index contributed by atoms with van der Waals surface area (Å²) in [6, 6.07) is 11.0. The molecule has 3 rings (SSSR count). The Labute approximate surface area is 193 Å². The highest BCUT2D eigenvalue weighted by Gasteiger charge is 2.26. The Morgan fingerprint density at radius 3 is 2.42 bits per heavy atom. The summed E-state index contributed by atoms with van der Waals surface area (Å²) in [5.41, 5.74) is 2.05. The quantitative estimate of drug-likeness (QED) is 0.589. The molecule has 2 aromatic carbocycles. The number of alkyl halides is 2. The number of nitrogens with zero attached hydrogens (tertiary/aromatic N) is 2. The zero-order chi connectivity index (χ0) is 24.0. The van der Waals surface area contributed by atoms with Crippen LogP contribution in [0.5, 0.6) is 5.75 Å². The van der Waals surface area contributed by atoms with Gasteiger partial charge in [-0.05, 0) is 62.2 Å².